The molecule has 0 radical (unpaired) electrons. The molecule has 1 aliphatic heterocycles. The van der Waals surface area contributed by atoms with E-state index in [0.29, 0.717) is 43.5 Å². The smallest absolute Gasteiger partial charge is 0.475 e. The summed E-state index contributed by atoms with van der Waals surface area (Å²) in [6.07, 6.45) is 1.99. The van der Waals surface area contributed by atoms with Crippen LogP contribution in [0.15, 0.2) is 72.9 Å². The molecule has 3 aromatic rings. The van der Waals surface area contributed by atoms with Gasteiger partial charge in [-0.2, -0.15) is 13.2 Å². The lowest BCUT2D eigenvalue weighted by Crippen LogP contribution is -2.46. The van der Waals surface area contributed by atoms with Crippen LogP contribution in [0.4, 0.5) is 22.0 Å². The number of hydrogen-bond donors (Lipinski definition) is 3. The van der Waals surface area contributed by atoms with Crippen LogP contribution >= 0.6 is 0 Å². The Morgan fingerprint density at radius 3 is 2.18 bits per heavy atom. The van der Waals surface area contributed by atoms with Crippen LogP contribution in [-0.2, 0) is 35.3 Å². The van der Waals surface area contributed by atoms with Gasteiger partial charge in [0.15, 0.2) is 0 Å². The van der Waals surface area contributed by atoms with Gasteiger partial charge in [-0.1, -0.05) is 51.1 Å². The first-order valence-corrected chi connectivity index (χ1v) is 19.8. The van der Waals surface area contributed by atoms with Crippen molar-refractivity contribution >= 4 is 35.3 Å². The number of carbonyl (C=O) groups excluding carboxylic acids is 5. The molecular formula is C44H51F5N4O8. The minimum Gasteiger partial charge on any atom is -0.475 e. The van der Waals surface area contributed by atoms with Gasteiger partial charge in [-0.3, -0.25) is 28.9 Å². The van der Waals surface area contributed by atoms with Gasteiger partial charge in [0.25, 0.3) is 11.8 Å². The Hall–Kier alpha value is -5.55. The summed E-state index contributed by atoms with van der Waals surface area (Å²) in [4.78, 5) is 74.9. The number of nitrogens with two attached hydrogens (primary N) is 1. The minimum absolute atomic E-state index is 0.0103. The number of ketones is 2. The summed E-state index contributed by atoms with van der Waals surface area (Å²) in [6, 6.07) is 13.1. The number of carboxylic acids is 1. The third-order valence-electron chi connectivity index (χ3n) is 10.8. The lowest BCUT2D eigenvalue weighted by molar-refractivity contribution is -0.192. The van der Waals surface area contributed by atoms with E-state index < -0.39 is 53.8 Å². The maximum absolute atomic E-state index is 15.1. The highest BCUT2D eigenvalue weighted by molar-refractivity contribution is 6.12. The van der Waals surface area contributed by atoms with Gasteiger partial charge in [-0.05, 0) is 73.3 Å². The van der Waals surface area contributed by atoms with Crippen molar-refractivity contribution in [3.05, 3.63) is 95.8 Å². The average Bonchev–Trinajstić information content (AvgIpc) is 3.92. The fourth-order valence-electron chi connectivity index (χ4n) is 7.80. The number of nitrogens with zero attached hydrogens (tertiary/aromatic N) is 3. The summed E-state index contributed by atoms with van der Waals surface area (Å²) in [7, 11) is 0. The second-order valence-electron chi connectivity index (χ2n) is 16.4. The molecule has 2 heterocycles. The van der Waals surface area contributed by atoms with Crippen molar-refractivity contribution in [1.29, 1.82) is 0 Å². The summed E-state index contributed by atoms with van der Waals surface area (Å²) >= 11 is 0. The molecule has 1 aliphatic carbocycles. The molecule has 1 aromatic heterocycles. The topological polar surface area (TPSA) is 180 Å². The van der Waals surface area contributed by atoms with E-state index in [-0.39, 0.29) is 73.1 Å². The molecule has 0 bridgehead atoms. The predicted octanol–water partition coefficient (Wildman–Crippen LogP) is 6.39. The van der Waals surface area contributed by atoms with Crippen molar-refractivity contribution in [1.82, 2.24) is 14.4 Å². The summed E-state index contributed by atoms with van der Waals surface area (Å²) in [5, 5.41) is 17.3. The summed E-state index contributed by atoms with van der Waals surface area (Å²) in [5.74, 6) is -5.55. The standard InChI is InChI=1S/C42H50F2N4O6.C2HF3O2/c1-42(2,3)41(35-22-30(32-23-31(43)13-14-33(32)44)25-46(35)24-27-8-5-4-6-9-27)48(40(54)26-49)19-17-34(45)37(51)21-28-11-12-29(20-28)36(50)10-7-18-47-38(52)15-16-39(47)53;3-2(4,5)1(6)7/h4-6,8-9,13-16,22-23,25,28-29,34,41,49H,7,10-12,17-21,24,26,45H2,1-3H3;(H,6,7)/t28-,29-,34+,41+;/m1./s1. The second-order valence-corrected chi connectivity index (χ2v) is 16.4. The monoisotopic (exact) mass is 858 g/mol. The summed E-state index contributed by atoms with van der Waals surface area (Å²) < 4.78 is 63.0. The Morgan fingerprint density at radius 1 is 0.951 bits per heavy atom. The van der Waals surface area contributed by atoms with E-state index in [1.54, 1.807) is 12.3 Å². The van der Waals surface area contributed by atoms with Crippen molar-refractivity contribution in [2.45, 2.75) is 90.5 Å². The number of imide groups is 1. The number of alkyl halides is 3. The number of aliphatic carboxylic acids is 1. The SMILES string of the molecule is CC(C)(C)[C@H](c1cc(-c2cc(F)ccc2F)cn1Cc1ccccc1)N(CC[C@H](N)C(=O)C[C@@H]1CC[C@@H](C(=O)CCCN2C(=O)C=CC2=O)C1)C(=O)CO.O=C(O)C(F)(F)F. The molecule has 61 heavy (non-hydrogen) atoms. The molecule has 330 valence electrons. The highest BCUT2D eigenvalue weighted by atomic mass is 19.4. The molecule has 4 N–H and O–H groups in total. The molecule has 0 saturated heterocycles. The Balaban J connectivity index is 0.00000107. The van der Waals surface area contributed by atoms with E-state index >= 15 is 4.39 Å². The highest BCUT2D eigenvalue weighted by Gasteiger charge is 2.39. The quantitative estimate of drug-likeness (QED) is 0.102. The highest BCUT2D eigenvalue weighted by Crippen LogP contribution is 2.41. The van der Waals surface area contributed by atoms with Gasteiger partial charge in [0.2, 0.25) is 5.91 Å². The third kappa shape index (κ3) is 13.2. The minimum atomic E-state index is -5.08. The molecule has 2 aliphatic rings. The largest absolute Gasteiger partial charge is 0.490 e. The van der Waals surface area contributed by atoms with Gasteiger partial charge in [0.05, 0.1) is 12.1 Å². The van der Waals surface area contributed by atoms with Gasteiger partial charge < -0.3 is 25.4 Å². The van der Waals surface area contributed by atoms with Crippen molar-refractivity contribution in [2.75, 3.05) is 19.7 Å². The number of carboxylic acid groups (broad SMARTS) is 1. The van der Waals surface area contributed by atoms with Crippen LogP contribution in [0.5, 0.6) is 0 Å². The number of aliphatic hydroxyl groups is 1. The van der Waals surface area contributed by atoms with Gasteiger partial charge in [0.1, 0.15) is 29.8 Å². The van der Waals surface area contributed by atoms with Crippen LogP contribution in [0.3, 0.4) is 0 Å². The normalized spacial score (nSPS) is 17.5. The number of Topliss-reactive ketones (excluding diaryl/α,β-unsaturated/α-hetero) is 2. The first-order valence-electron chi connectivity index (χ1n) is 19.8. The van der Waals surface area contributed by atoms with Crippen LogP contribution in [0, 0.1) is 28.9 Å². The number of amides is 3. The van der Waals surface area contributed by atoms with Gasteiger partial charge in [-0.25, -0.2) is 13.6 Å². The Kier molecular flexibility index (Phi) is 16.4. The number of hydrogen-bond acceptors (Lipinski definition) is 8. The molecule has 1 saturated carbocycles. The third-order valence-corrected chi connectivity index (χ3v) is 10.8. The molecule has 0 spiro atoms. The maximum Gasteiger partial charge on any atom is 0.490 e. The molecule has 2 aromatic carbocycles. The van der Waals surface area contributed by atoms with E-state index in [1.807, 2.05) is 55.7 Å². The number of aromatic nitrogens is 1. The van der Waals surface area contributed by atoms with Crippen molar-refractivity contribution < 1.29 is 60.9 Å². The molecule has 0 unspecified atom stereocenters. The zero-order chi connectivity index (χ0) is 45.2. The molecule has 5 rings (SSSR count). The molecule has 3 amide bonds. The number of carbonyl (C=O) groups is 6. The second kappa shape index (κ2) is 20.8. The van der Waals surface area contributed by atoms with Crippen LogP contribution < -0.4 is 5.73 Å². The van der Waals surface area contributed by atoms with E-state index in [0.717, 1.165) is 28.7 Å². The van der Waals surface area contributed by atoms with Crippen LogP contribution in [0.1, 0.15) is 83.0 Å². The lowest BCUT2D eigenvalue weighted by atomic mass is 9.82. The first kappa shape index (κ1) is 48.1. The molecule has 1 fully saturated rings. The zero-order valence-corrected chi connectivity index (χ0v) is 34.2. The number of aliphatic hydroxyl groups excluding tert-OH is 1. The number of halogens is 5. The first-order chi connectivity index (χ1) is 28.6. The van der Waals surface area contributed by atoms with Crippen LogP contribution in [-0.4, -0.2) is 91.8 Å². The van der Waals surface area contributed by atoms with Crippen molar-refractivity contribution in [3.63, 3.8) is 0 Å². The molecule has 17 heteroatoms. The predicted molar refractivity (Wildman–Crippen MR) is 213 cm³/mol. The Morgan fingerprint density at radius 2 is 1.59 bits per heavy atom. The number of benzene rings is 2. The van der Waals surface area contributed by atoms with Gasteiger partial charge >= 0.3 is 12.1 Å². The van der Waals surface area contributed by atoms with Crippen LogP contribution in [0.25, 0.3) is 11.1 Å². The average molecular weight is 859 g/mol. The fourth-order valence-corrected chi connectivity index (χ4v) is 7.80. The Bertz CT molecular complexity index is 2080. The van der Waals surface area contributed by atoms with Gasteiger partial charge in [0, 0.05) is 73.6 Å². The summed E-state index contributed by atoms with van der Waals surface area (Å²) in [6.45, 7) is 5.68. The van der Waals surface area contributed by atoms with E-state index in [4.69, 9.17) is 15.6 Å². The molecular weight excluding hydrogens is 807 g/mol. The van der Waals surface area contributed by atoms with E-state index in [9.17, 15) is 46.6 Å². The van der Waals surface area contributed by atoms with Crippen LogP contribution in [0.2, 0.25) is 0 Å². The van der Waals surface area contributed by atoms with E-state index in [1.165, 1.54) is 17.1 Å². The molecule has 4 atom stereocenters. The fraction of sp³-hybridized carbons (Fsp3) is 0.455. The van der Waals surface area contributed by atoms with Crippen molar-refractivity contribution in [2.24, 2.45) is 23.0 Å². The van der Waals surface area contributed by atoms with Gasteiger partial charge in [-0.15, -0.1) is 0 Å². The molecule has 12 nitrogen and oxygen atoms in total. The number of rotatable bonds is 17. The van der Waals surface area contributed by atoms with Crippen molar-refractivity contribution in [3.8, 4) is 11.1 Å². The Labute approximate surface area is 350 Å². The maximum atomic E-state index is 15.1. The van der Waals surface area contributed by atoms with E-state index in [2.05, 4.69) is 0 Å². The lowest BCUT2D eigenvalue weighted by Gasteiger charge is -2.41. The summed E-state index contributed by atoms with van der Waals surface area (Å²) in [5.41, 5.74) is 7.93. The zero-order valence-electron chi connectivity index (χ0n) is 34.2.